The molecule has 2 aliphatic heterocycles. The standard InChI is InChI=1S/C24H42O12/c1-12-7-14(26)8-22(3,4)24(12,32)6-5-13(2)35-20-18(29)17(28)16(27)15(36-20)9-33-21-19(30)23(31,10-25)11-34-21/h5-6,12-21,25-32H,7-11H2,1-4H3/b6-5+/t12-,13+,14+,15-,16-,17+,18-,19+,20-,21+,23-,24-/m1/s1. The van der Waals surface area contributed by atoms with Crippen molar-refractivity contribution in [2.45, 2.75) is 107 Å². The third-order valence-corrected chi connectivity index (χ3v) is 7.85. The van der Waals surface area contributed by atoms with Gasteiger partial charge < -0.3 is 59.8 Å². The van der Waals surface area contributed by atoms with E-state index in [1.165, 1.54) is 0 Å². The third-order valence-electron chi connectivity index (χ3n) is 7.85. The van der Waals surface area contributed by atoms with Gasteiger partial charge in [-0.25, -0.2) is 0 Å². The minimum atomic E-state index is -1.88. The van der Waals surface area contributed by atoms with Crippen molar-refractivity contribution in [3.05, 3.63) is 12.2 Å². The molecule has 0 aromatic carbocycles. The summed E-state index contributed by atoms with van der Waals surface area (Å²) in [5.41, 5.74) is -3.69. The molecule has 2 saturated heterocycles. The molecule has 0 aromatic rings. The first-order chi connectivity index (χ1) is 16.6. The second-order valence-electron chi connectivity index (χ2n) is 11.1. The predicted octanol–water partition coefficient (Wildman–Crippen LogP) is -2.24. The van der Waals surface area contributed by atoms with Gasteiger partial charge in [0.2, 0.25) is 0 Å². The van der Waals surface area contributed by atoms with Crippen LogP contribution in [0.15, 0.2) is 12.2 Å². The van der Waals surface area contributed by atoms with E-state index in [1.807, 2.05) is 20.8 Å². The van der Waals surface area contributed by atoms with Gasteiger partial charge >= 0.3 is 0 Å². The van der Waals surface area contributed by atoms with Crippen molar-refractivity contribution in [1.29, 1.82) is 0 Å². The van der Waals surface area contributed by atoms with E-state index in [0.717, 1.165) is 0 Å². The summed E-state index contributed by atoms with van der Waals surface area (Å²) in [5, 5.41) is 81.9. The van der Waals surface area contributed by atoms with Crippen LogP contribution < -0.4 is 0 Å². The molecule has 3 aliphatic rings. The van der Waals surface area contributed by atoms with Crippen molar-refractivity contribution in [3.8, 4) is 0 Å². The quantitative estimate of drug-likeness (QED) is 0.160. The molecule has 0 spiro atoms. The monoisotopic (exact) mass is 522 g/mol. The van der Waals surface area contributed by atoms with Gasteiger partial charge in [0.05, 0.1) is 37.6 Å². The SMILES string of the molecule is C[C@@H]1C[C@H](O)CC(C)(C)[C@@]1(O)/C=C/[C@H](C)O[C@@H]1O[C@H](CO[C@H]2OC[C@](O)(CO)[C@H]2O)[C@@H](O)[C@H](O)[C@H]1O. The summed E-state index contributed by atoms with van der Waals surface area (Å²) in [5.74, 6) is -0.216. The minimum Gasteiger partial charge on any atom is -0.393 e. The molecule has 0 bridgehead atoms. The number of aliphatic hydroxyl groups is 8. The maximum atomic E-state index is 11.4. The van der Waals surface area contributed by atoms with Crippen LogP contribution in [0.25, 0.3) is 0 Å². The molecule has 0 unspecified atom stereocenters. The fourth-order valence-corrected chi connectivity index (χ4v) is 5.31. The molecule has 0 radical (unpaired) electrons. The van der Waals surface area contributed by atoms with Crippen molar-refractivity contribution in [2.24, 2.45) is 11.3 Å². The summed E-state index contributed by atoms with van der Waals surface area (Å²) in [6, 6.07) is 0. The Morgan fingerprint density at radius 2 is 1.69 bits per heavy atom. The Bertz CT molecular complexity index is 763. The smallest absolute Gasteiger partial charge is 0.187 e. The molecule has 1 aliphatic carbocycles. The Balaban J connectivity index is 1.62. The largest absolute Gasteiger partial charge is 0.393 e. The lowest BCUT2D eigenvalue weighted by atomic mass is 9.60. The minimum absolute atomic E-state index is 0.216. The van der Waals surface area contributed by atoms with Gasteiger partial charge in [0, 0.05) is 0 Å². The summed E-state index contributed by atoms with van der Waals surface area (Å²) in [4.78, 5) is 0. The molecule has 0 amide bonds. The molecule has 8 N–H and O–H groups in total. The average molecular weight is 523 g/mol. The van der Waals surface area contributed by atoms with Crippen LogP contribution in [0, 0.1) is 11.3 Å². The molecule has 3 rings (SSSR count). The summed E-state index contributed by atoms with van der Waals surface area (Å²) in [7, 11) is 0. The van der Waals surface area contributed by atoms with Crippen molar-refractivity contribution in [2.75, 3.05) is 19.8 Å². The highest BCUT2D eigenvalue weighted by Crippen LogP contribution is 2.48. The molecule has 0 aromatic heterocycles. The Labute approximate surface area is 210 Å². The number of rotatable bonds is 8. The molecule has 2 heterocycles. The normalized spacial score (nSPS) is 48.4. The van der Waals surface area contributed by atoms with Crippen LogP contribution in [0.4, 0.5) is 0 Å². The van der Waals surface area contributed by atoms with Crippen LogP contribution in [0.5, 0.6) is 0 Å². The van der Waals surface area contributed by atoms with Crippen molar-refractivity contribution >= 4 is 0 Å². The maximum absolute atomic E-state index is 11.4. The molecule has 12 heteroatoms. The van der Waals surface area contributed by atoms with E-state index in [1.54, 1.807) is 19.1 Å². The second-order valence-corrected chi connectivity index (χ2v) is 11.1. The topological polar surface area (TPSA) is 199 Å². The Morgan fingerprint density at radius 3 is 2.28 bits per heavy atom. The van der Waals surface area contributed by atoms with E-state index in [9.17, 15) is 40.9 Å². The molecule has 12 atom stereocenters. The zero-order valence-corrected chi connectivity index (χ0v) is 21.2. The molecular formula is C24H42O12. The van der Waals surface area contributed by atoms with Crippen LogP contribution in [0.1, 0.15) is 40.5 Å². The molecule has 210 valence electrons. The second kappa shape index (κ2) is 11.2. The molecule has 3 fully saturated rings. The van der Waals surface area contributed by atoms with Crippen molar-refractivity contribution < 1.29 is 59.8 Å². The summed E-state index contributed by atoms with van der Waals surface area (Å²) < 4.78 is 21.9. The number of hydrogen-bond donors (Lipinski definition) is 8. The zero-order valence-electron chi connectivity index (χ0n) is 21.2. The van der Waals surface area contributed by atoms with Gasteiger partial charge in [0.1, 0.15) is 36.1 Å². The highest BCUT2D eigenvalue weighted by atomic mass is 16.7. The van der Waals surface area contributed by atoms with E-state index >= 15 is 0 Å². The molecule has 36 heavy (non-hydrogen) atoms. The lowest BCUT2D eigenvalue weighted by Gasteiger charge is -2.50. The van der Waals surface area contributed by atoms with Gasteiger partial charge in [-0.1, -0.05) is 32.9 Å². The fraction of sp³-hybridized carbons (Fsp3) is 0.917. The zero-order chi connectivity index (χ0) is 27.1. The lowest BCUT2D eigenvalue weighted by molar-refractivity contribution is -0.314. The van der Waals surface area contributed by atoms with E-state index in [-0.39, 0.29) is 19.1 Å². The molecular weight excluding hydrogens is 480 g/mol. The predicted molar refractivity (Wildman–Crippen MR) is 123 cm³/mol. The summed E-state index contributed by atoms with van der Waals surface area (Å²) in [6.07, 6.45) is -7.17. The van der Waals surface area contributed by atoms with Crippen LogP contribution >= 0.6 is 0 Å². The first kappa shape index (κ1) is 29.8. The third kappa shape index (κ3) is 5.80. The highest BCUT2D eigenvalue weighted by Gasteiger charge is 2.52. The van der Waals surface area contributed by atoms with Crippen molar-refractivity contribution in [3.63, 3.8) is 0 Å². The molecule has 1 saturated carbocycles. The van der Waals surface area contributed by atoms with E-state index < -0.39 is 78.5 Å². The Morgan fingerprint density at radius 1 is 1.03 bits per heavy atom. The fourth-order valence-electron chi connectivity index (χ4n) is 5.31. The van der Waals surface area contributed by atoms with Gasteiger partial charge in [-0.15, -0.1) is 0 Å². The summed E-state index contributed by atoms with van der Waals surface area (Å²) in [6.45, 7) is 5.80. The Kier molecular flexibility index (Phi) is 9.25. The van der Waals surface area contributed by atoms with Crippen molar-refractivity contribution in [1.82, 2.24) is 0 Å². The Hall–Kier alpha value is -0.740. The first-order valence-corrected chi connectivity index (χ1v) is 12.3. The maximum Gasteiger partial charge on any atom is 0.187 e. The molecule has 12 nitrogen and oxygen atoms in total. The van der Waals surface area contributed by atoms with Crippen LogP contribution in [0.3, 0.4) is 0 Å². The van der Waals surface area contributed by atoms with E-state index in [4.69, 9.17) is 18.9 Å². The van der Waals surface area contributed by atoms with Gasteiger partial charge in [0.25, 0.3) is 0 Å². The van der Waals surface area contributed by atoms with Gasteiger partial charge in [-0.2, -0.15) is 0 Å². The number of ether oxygens (including phenoxy) is 4. The van der Waals surface area contributed by atoms with Gasteiger partial charge in [0.15, 0.2) is 12.6 Å². The van der Waals surface area contributed by atoms with Gasteiger partial charge in [-0.3, -0.25) is 0 Å². The average Bonchev–Trinajstić information content (AvgIpc) is 3.09. The van der Waals surface area contributed by atoms with E-state index in [2.05, 4.69) is 0 Å². The number of hydrogen-bond acceptors (Lipinski definition) is 12. The lowest BCUT2D eigenvalue weighted by Crippen LogP contribution is -2.60. The first-order valence-electron chi connectivity index (χ1n) is 12.3. The van der Waals surface area contributed by atoms with Crippen LogP contribution in [-0.2, 0) is 18.9 Å². The summed E-state index contributed by atoms with van der Waals surface area (Å²) >= 11 is 0. The van der Waals surface area contributed by atoms with Gasteiger partial charge in [-0.05, 0) is 31.1 Å². The number of aliphatic hydroxyl groups excluding tert-OH is 6. The van der Waals surface area contributed by atoms with E-state index in [0.29, 0.717) is 12.8 Å². The van der Waals surface area contributed by atoms with Crippen LogP contribution in [0.2, 0.25) is 0 Å². The highest BCUT2D eigenvalue weighted by molar-refractivity contribution is 5.15. The van der Waals surface area contributed by atoms with Crippen LogP contribution in [-0.4, -0.2) is 127 Å².